The molecule has 0 bridgehead atoms. The van der Waals surface area contributed by atoms with Crippen LogP contribution in [-0.2, 0) is 17.6 Å². The maximum Gasteiger partial charge on any atom is 0.251 e. The minimum Gasteiger partial charge on any atom is -0.496 e. The number of hydrogen-bond acceptors (Lipinski definition) is 3. The monoisotopic (exact) mass is 473 g/mol. The molecular formula is C31H39NO3. The van der Waals surface area contributed by atoms with Gasteiger partial charge in [-0.05, 0) is 104 Å². The van der Waals surface area contributed by atoms with Gasteiger partial charge < -0.3 is 10.1 Å². The number of carbonyl (C=O) groups excluding carboxylic acids is 2. The summed E-state index contributed by atoms with van der Waals surface area (Å²) in [6.45, 7) is 2.96. The van der Waals surface area contributed by atoms with Gasteiger partial charge in [-0.3, -0.25) is 9.59 Å². The van der Waals surface area contributed by atoms with Gasteiger partial charge in [0.15, 0.2) is 0 Å². The van der Waals surface area contributed by atoms with Crippen molar-refractivity contribution in [3.8, 4) is 5.75 Å². The number of rotatable bonds is 8. The summed E-state index contributed by atoms with van der Waals surface area (Å²) in [5, 5.41) is 3.03. The Kier molecular flexibility index (Phi) is 7.00. The lowest BCUT2D eigenvalue weighted by Gasteiger charge is -2.48. The fourth-order valence-electron chi connectivity index (χ4n) is 7.31. The number of methoxy groups -OCH3 is 1. The first-order chi connectivity index (χ1) is 17.0. The number of hydrogen-bond donors (Lipinski definition) is 1. The Labute approximate surface area is 209 Å². The van der Waals surface area contributed by atoms with Gasteiger partial charge in [-0.1, -0.05) is 37.6 Å². The number of unbranched alkanes of at least 4 members (excludes halogenated alkanes) is 2. The van der Waals surface area contributed by atoms with E-state index >= 15 is 0 Å². The number of aryl methyl sites for hydroxylation is 2. The molecule has 0 radical (unpaired) electrons. The molecule has 35 heavy (non-hydrogen) atoms. The first-order valence-corrected chi connectivity index (χ1v) is 13.6. The Morgan fingerprint density at radius 3 is 2.69 bits per heavy atom. The summed E-state index contributed by atoms with van der Waals surface area (Å²) in [7, 11) is 1.78. The summed E-state index contributed by atoms with van der Waals surface area (Å²) in [5.74, 6) is 3.36. The number of ketones is 1. The van der Waals surface area contributed by atoms with E-state index in [1.54, 1.807) is 7.11 Å². The molecule has 5 rings (SSSR count). The Bertz CT molecular complexity index is 1080. The van der Waals surface area contributed by atoms with Gasteiger partial charge in [0.25, 0.3) is 5.91 Å². The minimum absolute atomic E-state index is 0.00375. The zero-order valence-electron chi connectivity index (χ0n) is 21.3. The van der Waals surface area contributed by atoms with Gasteiger partial charge in [0.1, 0.15) is 11.5 Å². The number of fused-ring (bicyclic) bond motifs is 5. The van der Waals surface area contributed by atoms with Crippen LogP contribution in [-0.4, -0.2) is 25.3 Å². The van der Waals surface area contributed by atoms with Crippen LogP contribution in [0.1, 0.15) is 91.3 Å². The first-order valence-electron chi connectivity index (χ1n) is 13.6. The maximum absolute atomic E-state index is 12.7. The van der Waals surface area contributed by atoms with E-state index in [0.29, 0.717) is 30.1 Å². The average Bonchev–Trinajstić information content (AvgIpc) is 3.20. The number of Topliss-reactive ketones (excluding diaryl/α,β-unsaturated/α-hetero) is 1. The fourth-order valence-corrected chi connectivity index (χ4v) is 7.31. The summed E-state index contributed by atoms with van der Waals surface area (Å²) < 4.78 is 5.80. The number of nitrogens with one attached hydrogen (secondary N) is 1. The second kappa shape index (κ2) is 10.2. The van der Waals surface area contributed by atoms with Crippen molar-refractivity contribution in [2.24, 2.45) is 17.3 Å². The van der Waals surface area contributed by atoms with Crippen molar-refractivity contribution < 1.29 is 14.3 Å². The van der Waals surface area contributed by atoms with Crippen LogP contribution in [0.4, 0.5) is 0 Å². The van der Waals surface area contributed by atoms with E-state index in [-0.39, 0.29) is 11.3 Å². The normalized spacial score (nSPS) is 27.0. The lowest BCUT2D eigenvalue weighted by Crippen LogP contribution is -2.42. The van der Waals surface area contributed by atoms with Gasteiger partial charge in [0.05, 0.1) is 7.11 Å². The molecule has 186 valence electrons. The summed E-state index contributed by atoms with van der Waals surface area (Å²) in [4.78, 5) is 24.8. The van der Waals surface area contributed by atoms with E-state index < -0.39 is 0 Å². The first kappa shape index (κ1) is 24.1. The van der Waals surface area contributed by atoms with Crippen molar-refractivity contribution in [3.63, 3.8) is 0 Å². The highest BCUT2D eigenvalue weighted by atomic mass is 16.5. The van der Waals surface area contributed by atoms with E-state index in [4.69, 9.17) is 4.74 Å². The maximum atomic E-state index is 12.7. The van der Waals surface area contributed by atoms with E-state index in [9.17, 15) is 9.59 Å². The molecule has 2 aromatic rings. The molecule has 2 saturated carbocycles. The second-order valence-corrected chi connectivity index (χ2v) is 11.1. The Morgan fingerprint density at radius 2 is 1.89 bits per heavy atom. The largest absolute Gasteiger partial charge is 0.496 e. The number of carbonyl (C=O) groups is 2. The van der Waals surface area contributed by atoms with Crippen molar-refractivity contribution in [1.29, 1.82) is 0 Å². The molecule has 0 aliphatic heterocycles. The minimum atomic E-state index is -0.0656. The van der Waals surface area contributed by atoms with Gasteiger partial charge in [-0.2, -0.15) is 0 Å². The number of amides is 1. The molecule has 4 heteroatoms. The standard InChI is InChI=1S/C31H39NO3/c1-31-17-16-24-25(27(31)14-15-29(31)33)13-12-22-20-28(35-2)23(19-26(22)24)11-7-4-8-18-32-30(34)21-9-5-3-6-10-21/h3,5-6,9-10,19-20,24-25,27H,4,7-8,11-18H2,1-2H3,(H,32,34)/t24?,25?,27?,31-/m0/s1. The third-order valence-electron chi connectivity index (χ3n) is 9.28. The molecular weight excluding hydrogens is 434 g/mol. The Hall–Kier alpha value is -2.62. The molecule has 1 N–H and O–H groups in total. The van der Waals surface area contributed by atoms with Gasteiger partial charge in [0.2, 0.25) is 0 Å². The lowest BCUT2D eigenvalue weighted by atomic mass is 9.55. The smallest absolute Gasteiger partial charge is 0.251 e. The predicted octanol–water partition coefficient (Wildman–Crippen LogP) is 6.26. The van der Waals surface area contributed by atoms with Gasteiger partial charge >= 0.3 is 0 Å². The fraction of sp³-hybridized carbons (Fsp3) is 0.548. The van der Waals surface area contributed by atoms with Crippen LogP contribution in [0.2, 0.25) is 0 Å². The van der Waals surface area contributed by atoms with Crippen LogP contribution in [0.15, 0.2) is 42.5 Å². The lowest BCUT2D eigenvalue weighted by molar-refractivity contribution is -0.129. The zero-order chi connectivity index (χ0) is 24.4. The molecule has 0 aromatic heterocycles. The molecule has 2 fully saturated rings. The van der Waals surface area contributed by atoms with Crippen LogP contribution in [0.3, 0.4) is 0 Å². The molecule has 4 atom stereocenters. The highest BCUT2D eigenvalue weighted by Gasteiger charge is 2.54. The van der Waals surface area contributed by atoms with Crippen molar-refractivity contribution in [2.75, 3.05) is 13.7 Å². The van der Waals surface area contributed by atoms with Crippen LogP contribution >= 0.6 is 0 Å². The molecule has 3 aliphatic rings. The number of benzene rings is 2. The predicted molar refractivity (Wildman–Crippen MR) is 139 cm³/mol. The van der Waals surface area contributed by atoms with Crippen molar-refractivity contribution in [3.05, 3.63) is 64.7 Å². The van der Waals surface area contributed by atoms with E-state index in [2.05, 4.69) is 24.4 Å². The second-order valence-electron chi connectivity index (χ2n) is 11.1. The molecule has 1 amide bonds. The van der Waals surface area contributed by atoms with E-state index in [1.165, 1.54) is 23.1 Å². The van der Waals surface area contributed by atoms with Gasteiger partial charge in [-0.25, -0.2) is 0 Å². The molecule has 4 nitrogen and oxygen atoms in total. The van der Waals surface area contributed by atoms with Crippen LogP contribution in [0.25, 0.3) is 0 Å². The number of ether oxygens (including phenoxy) is 1. The summed E-state index contributed by atoms with van der Waals surface area (Å²) in [6.07, 6.45) is 10.5. The third-order valence-corrected chi connectivity index (χ3v) is 9.28. The molecule has 3 unspecified atom stereocenters. The topological polar surface area (TPSA) is 55.4 Å². The Balaban J connectivity index is 1.19. The summed E-state index contributed by atoms with van der Waals surface area (Å²) in [5.41, 5.74) is 4.96. The van der Waals surface area contributed by atoms with Crippen molar-refractivity contribution in [1.82, 2.24) is 5.32 Å². The SMILES string of the molecule is COc1cc2c(cc1CCCCCNC(=O)c1ccccc1)C1CC[C@]3(C)C(=O)CCC3C1CC2. The highest BCUT2D eigenvalue weighted by molar-refractivity contribution is 5.94. The van der Waals surface area contributed by atoms with Crippen molar-refractivity contribution in [2.45, 2.75) is 77.0 Å². The molecule has 0 heterocycles. The third kappa shape index (κ3) is 4.64. The molecule has 2 aromatic carbocycles. The van der Waals surface area contributed by atoms with Gasteiger partial charge in [-0.15, -0.1) is 0 Å². The van der Waals surface area contributed by atoms with E-state index in [0.717, 1.165) is 69.1 Å². The van der Waals surface area contributed by atoms with Gasteiger partial charge in [0, 0.05) is 23.9 Å². The van der Waals surface area contributed by atoms with Crippen LogP contribution < -0.4 is 10.1 Å². The molecule has 0 spiro atoms. The quantitative estimate of drug-likeness (QED) is 0.460. The molecule has 0 saturated heterocycles. The highest BCUT2D eigenvalue weighted by Crippen LogP contribution is 2.59. The zero-order valence-corrected chi connectivity index (χ0v) is 21.3. The van der Waals surface area contributed by atoms with Crippen LogP contribution in [0.5, 0.6) is 5.75 Å². The van der Waals surface area contributed by atoms with Crippen molar-refractivity contribution >= 4 is 11.7 Å². The Morgan fingerprint density at radius 1 is 1.06 bits per heavy atom. The summed E-state index contributed by atoms with van der Waals surface area (Å²) >= 11 is 0. The molecule has 3 aliphatic carbocycles. The average molecular weight is 474 g/mol. The summed E-state index contributed by atoms with van der Waals surface area (Å²) in [6, 6.07) is 14.1. The van der Waals surface area contributed by atoms with E-state index in [1.807, 2.05) is 30.3 Å². The van der Waals surface area contributed by atoms with Crippen LogP contribution in [0, 0.1) is 17.3 Å².